The first-order valence-corrected chi connectivity index (χ1v) is 10.3. The first-order valence-electron chi connectivity index (χ1n) is 9.59. The van der Waals surface area contributed by atoms with Gasteiger partial charge in [0.05, 0.1) is 11.6 Å². The minimum Gasteiger partial charge on any atom is -0.492 e. The third-order valence-corrected chi connectivity index (χ3v) is 6.92. The Kier molecular flexibility index (Phi) is 6.21. The Morgan fingerprint density at radius 1 is 1.30 bits per heavy atom. The lowest BCUT2D eigenvalue weighted by Gasteiger charge is -2.29. The van der Waals surface area contributed by atoms with Crippen molar-refractivity contribution < 1.29 is 9.53 Å². The maximum absolute atomic E-state index is 13.2. The van der Waals surface area contributed by atoms with Crippen LogP contribution in [-0.4, -0.2) is 18.2 Å². The SMILES string of the molecule is CC1(C2CCCC2)Cc2cc(OCCCC/C(N)=N/N)c(Cl)c(Cl)c2C1=O. The lowest BCUT2D eigenvalue weighted by atomic mass is 9.73. The van der Waals surface area contributed by atoms with Crippen LogP contribution in [0.1, 0.15) is 67.8 Å². The average Bonchev–Trinajstić information content (AvgIpc) is 3.27. The molecule has 7 heteroatoms. The molecule has 1 unspecified atom stereocenters. The second-order valence-corrected chi connectivity index (χ2v) is 8.62. The molecule has 1 atom stereocenters. The van der Waals surface area contributed by atoms with Gasteiger partial charge in [0.1, 0.15) is 16.6 Å². The van der Waals surface area contributed by atoms with E-state index >= 15 is 0 Å². The Hall–Kier alpha value is -1.46. The number of carbonyl (C=O) groups excluding carboxylic acids is 1. The average molecular weight is 412 g/mol. The van der Waals surface area contributed by atoms with Gasteiger partial charge in [-0.05, 0) is 49.7 Å². The minimum atomic E-state index is -0.372. The molecule has 148 valence electrons. The van der Waals surface area contributed by atoms with E-state index in [1.165, 1.54) is 12.8 Å². The number of ether oxygens (including phenoxy) is 1. The molecular weight excluding hydrogens is 385 g/mol. The summed E-state index contributed by atoms with van der Waals surface area (Å²) in [5.74, 6) is 6.65. The third kappa shape index (κ3) is 3.90. The fourth-order valence-electron chi connectivity index (χ4n) is 4.45. The molecule has 0 aliphatic heterocycles. The molecule has 5 nitrogen and oxygen atoms in total. The summed E-state index contributed by atoms with van der Waals surface area (Å²) in [6, 6.07) is 1.90. The summed E-state index contributed by atoms with van der Waals surface area (Å²) in [5.41, 5.74) is 6.75. The summed E-state index contributed by atoms with van der Waals surface area (Å²) in [5, 5.41) is 4.10. The molecule has 1 aromatic rings. The number of unbranched alkanes of at least 4 members (excludes halogenated alkanes) is 1. The number of nitrogens with zero attached hydrogens (tertiary/aromatic N) is 1. The van der Waals surface area contributed by atoms with E-state index in [-0.39, 0.29) is 11.2 Å². The molecule has 2 aliphatic carbocycles. The molecule has 1 aromatic carbocycles. The lowest BCUT2D eigenvalue weighted by molar-refractivity contribution is 0.0744. The summed E-state index contributed by atoms with van der Waals surface area (Å²) < 4.78 is 5.85. The van der Waals surface area contributed by atoms with Crippen LogP contribution in [0.25, 0.3) is 0 Å². The topological polar surface area (TPSA) is 90.7 Å². The molecular formula is C20H27Cl2N3O2. The smallest absolute Gasteiger partial charge is 0.171 e. The maximum atomic E-state index is 13.2. The molecule has 1 fully saturated rings. The van der Waals surface area contributed by atoms with Gasteiger partial charge in [0.25, 0.3) is 0 Å². The molecule has 0 bridgehead atoms. The standard InChI is InChI=1S/C20H27Cl2N3O2/c1-20(13-6-2-3-7-13)11-12-10-14(17(21)18(22)16(12)19(20)26)27-9-5-4-8-15(23)25-24/h10,13H,2-9,11,24H2,1H3,(H2,23,25). The van der Waals surface area contributed by atoms with Crippen LogP contribution in [0.4, 0.5) is 0 Å². The molecule has 0 amide bonds. The van der Waals surface area contributed by atoms with Crippen LogP contribution in [0.2, 0.25) is 10.0 Å². The number of amidine groups is 1. The number of carbonyl (C=O) groups is 1. The number of nitrogens with two attached hydrogens (primary N) is 2. The largest absolute Gasteiger partial charge is 0.492 e. The fourth-order valence-corrected chi connectivity index (χ4v) is 4.96. The van der Waals surface area contributed by atoms with E-state index in [9.17, 15) is 4.79 Å². The normalized spacial score (nSPS) is 23.1. The van der Waals surface area contributed by atoms with E-state index < -0.39 is 0 Å². The molecule has 27 heavy (non-hydrogen) atoms. The highest BCUT2D eigenvalue weighted by molar-refractivity contribution is 6.45. The number of hydrogen-bond acceptors (Lipinski definition) is 4. The molecule has 0 radical (unpaired) electrons. The van der Waals surface area contributed by atoms with Crippen LogP contribution in [0.3, 0.4) is 0 Å². The van der Waals surface area contributed by atoms with Crippen LogP contribution < -0.4 is 16.3 Å². The maximum Gasteiger partial charge on any atom is 0.171 e. The number of halogens is 2. The second-order valence-electron chi connectivity index (χ2n) is 7.87. The summed E-state index contributed by atoms with van der Waals surface area (Å²) in [6.45, 7) is 2.57. The van der Waals surface area contributed by atoms with Crippen molar-refractivity contribution in [2.24, 2.45) is 28.0 Å². The zero-order valence-corrected chi connectivity index (χ0v) is 17.2. The Bertz CT molecular complexity index is 760. The summed E-state index contributed by atoms with van der Waals surface area (Å²) in [6.07, 6.45) is 7.58. The van der Waals surface area contributed by atoms with Crippen LogP contribution >= 0.6 is 23.2 Å². The predicted octanol–water partition coefficient (Wildman–Crippen LogP) is 4.71. The number of hydrazone groups is 1. The van der Waals surface area contributed by atoms with Gasteiger partial charge in [-0.2, -0.15) is 5.10 Å². The van der Waals surface area contributed by atoms with Crippen molar-refractivity contribution >= 4 is 34.8 Å². The zero-order valence-electron chi connectivity index (χ0n) is 15.7. The van der Waals surface area contributed by atoms with Gasteiger partial charge >= 0.3 is 0 Å². The van der Waals surface area contributed by atoms with Gasteiger partial charge in [-0.25, -0.2) is 0 Å². The van der Waals surface area contributed by atoms with Crippen LogP contribution in [0.15, 0.2) is 11.2 Å². The zero-order chi connectivity index (χ0) is 19.6. The van der Waals surface area contributed by atoms with E-state index in [1.54, 1.807) is 0 Å². The van der Waals surface area contributed by atoms with Gasteiger partial charge in [-0.3, -0.25) is 4.79 Å². The van der Waals surface area contributed by atoms with E-state index in [2.05, 4.69) is 12.0 Å². The number of benzene rings is 1. The Balaban J connectivity index is 1.72. The molecule has 2 aliphatic rings. The molecule has 0 heterocycles. The number of Topliss-reactive ketones (excluding diaryl/α,β-unsaturated/α-hetero) is 1. The van der Waals surface area contributed by atoms with Gasteiger partial charge < -0.3 is 16.3 Å². The Morgan fingerprint density at radius 3 is 2.67 bits per heavy atom. The Morgan fingerprint density at radius 2 is 2.00 bits per heavy atom. The molecule has 0 spiro atoms. The highest BCUT2D eigenvalue weighted by Gasteiger charge is 2.49. The van der Waals surface area contributed by atoms with Crippen molar-refractivity contribution in [3.8, 4) is 5.75 Å². The van der Waals surface area contributed by atoms with E-state index in [0.29, 0.717) is 52.6 Å². The lowest BCUT2D eigenvalue weighted by Crippen LogP contribution is -2.32. The summed E-state index contributed by atoms with van der Waals surface area (Å²) in [4.78, 5) is 13.2. The first-order chi connectivity index (χ1) is 12.9. The third-order valence-electron chi connectivity index (χ3n) is 6.07. The fraction of sp³-hybridized carbons (Fsp3) is 0.600. The summed E-state index contributed by atoms with van der Waals surface area (Å²) >= 11 is 12.9. The molecule has 4 N–H and O–H groups in total. The molecule has 3 rings (SSSR count). The van der Waals surface area contributed by atoms with E-state index in [1.807, 2.05) is 6.07 Å². The number of fused-ring (bicyclic) bond motifs is 1. The van der Waals surface area contributed by atoms with Crippen molar-refractivity contribution in [1.82, 2.24) is 0 Å². The van der Waals surface area contributed by atoms with Crippen LogP contribution in [0.5, 0.6) is 5.75 Å². The van der Waals surface area contributed by atoms with Gasteiger partial charge in [0, 0.05) is 17.4 Å². The monoisotopic (exact) mass is 411 g/mol. The minimum absolute atomic E-state index is 0.138. The van der Waals surface area contributed by atoms with Crippen LogP contribution in [0, 0.1) is 11.3 Å². The van der Waals surface area contributed by atoms with Crippen molar-refractivity contribution in [3.63, 3.8) is 0 Å². The first kappa shape index (κ1) is 20.3. The van der Waals surface area contributed by atoms with E-state index in [4.69, 9.17) is 39.5 Å². The van der Waals surface area contributed by atoms with Crippen LogP contribution in [-0.2, 0) is 6.42 Å². The van der Waals surface area contributed by atoms with Crippen molar-refractivity contribution in [2.75, 3.05) is 6.61 Å². The number of hydrogen-bond donors (Lipinski definition) is 2. The second kappa shape index (κ2) is 8.27. The summed E-state index contributed by atoms with van der Waals surface area (Å²) in [7, 11) is 0. The molecule has 0 aromatic heterocycles. The van der Waals surface area contributed by atoms with Gasteiger partial charge in [-0.15, -0.1) is 0 Å². The molecule has 0 saturated heterocycles. The van der Waals surface area contributed by atoms with Crippen molar-refractivity contribution in [3.05, 3.63) is 27.2 Å². The van der Waals surface area contributed by atoms with Gasteiger partial charge in [0.2, 0.25) is 0 Å². The highest BCUT2D eigenvalue weighted by atomic mass is 35.5. The number of rotatable bonds is 7. The Labute approximate surface area is 170 Å². The van der Waals surface area contributed by atoms with Crippen molar-refractivity contribution in [1.29, 1.82) is 0 Å². The van der Waals surface area contributed by atoms with Gasteiger partial charge in [0.15, 0.2) is 5.78 Å². The molecule has 1 saturated carbocycles. The van der Waals surface area contributed by atoms with E-state index in [0.717, 1.165) is 31.2 Å². The quantitative estimate of drug-likeness (QED) is 0.223. The highest BCUT2D eigenvalue weighted by Crippen LogP contribution is 2.52. The number of ketones is 1. The van der Waals surface area contributed by atoms with Crippen molar-refractivity contribution in [2.45, 2.75) is 58.3 Å². The van der Waals surface area contributed by atoms with Gasteiger partial charge in [-0.1, -0.05) is 43.0 Å². The predicted molar refractivity (Wildman–Crippen MR) is 110 cm³/mol.